The second kappa shape index (κ2) is 13.8. The third-order valence-electron chi connectivity index (χ3n) is 4.54. The molecule has 0 bridgehead atoms. The van der Waals surface area contributed by atoms with E-state index in [1.807, 2.05) is 6.26 Å². The molecule has 0 radical (unpaired) electrons. The van der Waals surface area contributed by atoms with E-state index in [9.17, 15) is 24.6 Å². The Morgan fingerprint density at radius 3 is 2.23 bits per heavy atom. The first-order valence-corrected chi connectivity index (χ1v) is 11.2. The Bertz CT molecular complexity index is 686. The number of carboxylic acid groups (broad SMARTS) is 1. The van der Waals surface area contributed by atoms with Gasteiger partial charge in [0.2, 0.25) is 11.8 Å². The minimum atomic E-state index is -1.15. The smallest absolute Gasteiger partial charge is 0.326 e. The SMILES string of the molecule is CSCC[C@H](N)C(=O)N[C@@H](Cc1ccc(O)cc1)C(=O)N[C@@H](CCCCN)C(=O)O. The number of carbonyl (C=O) groups is 3. The Balaban J connectivity index is 2.90. The first-order chi connectivity index (χ1) is 14.3. The molecule has 0 aliphatic rings. The molecule has 0 saturated carbocycles. The number of benzene rings is 1. The van der Waals surface area contributed by atoms with Crippen LogP contribution in [-0.4, -0.2) is 64.7 Å². The zero-order valence-electron chi connectivity index (χ0n) is 17.2. The van der Waals surface area contributed by atoms with Gasteiger partial charge < -0.3 is 32.3 Å². The second-order valence-corrected chi connectivity index (χ2v) is 7.99. The van der Waals surface area contributed by atoms with Crippen molar-refractivity contribution in [2.45, 2.75) is 50.2 Å². The third-order valence-corrected chi connectivity index (χ3v) is 5.18. The van der Waals surface area contributed by atoms with Gasteiger partial charge >= 0.3 is 5.97 Å². The molecule has 3 atom stereocenters. The van der Waals surface area contributed by atoms with Crippen molar-refractivity contribution in [3.05, 3.63) is 29.8 Å². The number of carboxylic acids is 1. The molecule has 2 amide bonds. The summed E-state index contributed by atoms with van der Waals surface area (Å²) in [5.41, 5.74) is 12.0. The molecule has 0 aromatic heterocycles. The van der Waals surface area contributed by atoms with E-state index in [2.05, 4.69) is 10.6 Å². The number of hydrogen-bond donors (Lipinski definition) is 6. The molecule has 0 heterocycles. The minimum Gasteiger partial charge on any atom is -0.508 e. The number of amides is 2. The lowest BCUT2D eigenvalue weighted by molar-refractivity contribution is -0.142. The molecule has 0 unspecified atom stereocenters. The zero-order chi connectivity index (χ0) is 22.5. The number of thioether (sulfide) groups is 1. The fourth-order valence-electron chi connectivity index (χ4n) is 2.75. The van der Waals surface area contributed by atoms with Crippen LogP contribution in [0, 0.1) is 0 Å². The van der Waals surface area contributed by atoms with Crippen LogP contribution in [0.2, 0.25) is 0 Å². The van der Waals surface area contributed by atoms with E-state index in [-0.39, 0.29) is 18.6 Å². The van der Waals surface area contributed by atoms with Crippen LogP contribution in [0.1, 0.15) is 31.2 Å². The Hall–Kier alpha value is -2.30. The van der Waals surface area contributed by atoms with Gasteiger partial charge in [0.1, 0.15) is 17.8 Å². The Morgan fingerprint density at radius 1 is 1.03 bits per heavy atom. The summed E-state index contributed by atoms with van der Waals surface area (Å²) >= 11 is 1.56. The van der Waals surface area contributed by atoms with Crippen LogP contribution < -0.4 is 22.1 Å². The van der Waals surface area contributed by atoms with Gasteiger partial charge in [-0.2, -0.15) is 11.8 Å². The fraction of sp³-hybridized carbons (Fsp3) is 0.550. The van der Waals surface area contributed by atoms with E-state index in [1.54, 1.807) is 23.9 Å². The maximum absolute atomic E-state index is 12.8. The van der Waals surface area contributed by atoms with E-state index >= 15 is 0 Å². The molecule has 0 saturated heterocycles. The highest BCUT2D eigenvalue weighted by atomic mass is 32.2. The summed E-state index contributed by atoms with van der Waals surface area (Å²) in [6.07, 6.45) is 3.94. The van der Waals surface area contributed by atoms with Gasteiger partial charge in [0.15, 0.2) is 0 Å². The molecule has 9 nitrogen and oxygen atoms in total. The molecular weight excluding hydrogens is 408 g/mol. The Kier molecular flexibility index (Phi) is 11.9. The summed E-state index contributed by atoms with van der Waals surface area (Å²) in [5, 5.41) is 24.0. The predicted molar refractivity (Wildman–Crippen MR) is 117 cm³/mol. The Labute approximate surface area is 181 Å². The monoisotopic (exact) mass is 440 g/mol. The molecule has 0 fully saturated rings. The summed E-state index contributed by atoms with van der Waals surface area (Å²) in [4.78, 5) is 36.8. The summed E-state index contributed by atoms with van der Waals surface area (Å²) in [7, 11) is 0. The van der Waals surface area contributed by atoms with Gasteiger partial charge in [0, 0.05) is 6.42 Å². The average molecular weight is 441 g/mol. The summed E-state index contributed by atoms with van der Waals surface area (Å²) < 4.78 is 0. The number of rotatable bonds is 14. The van der Waals surface area contributed by atoms with E-state index < -0.39 is 35.9 Å². The number of aromatic hydroxyl groups is 1. The lowest BCUT2D eigenvalue weighted by atomic mass is 10.0. The van der Waals surface area contributed by atoms with Crippen molar-refractivity contribution in [2.75, 3.05) is 18.6 Å². The molecule has 1 aromatic carbocycles. The maximum Gasteiger partial charge on any atom is 0.326 e. The van der Waals surface area contributed by atoms with Gasteiger partial charge in [-0.15, -0.1) is 0 Å². The number of phenolic OH excluding ortho intramolecular Hbond substituents is 1. The first-order valence-electron chi connectivity index (χ1n) is 9.84. The highest BCUT2D eigenvalue weighted by molar-refractivity contribution is 7.98. The number of aliphatic carboxylic acids is 1. The van der Waals surface area contributed by atoms with Crippen LogP contribution in [0.5, 0.6) is 5.75 Å². The summed E-state index contributed by atoms with van der Waals surface area (Å²) in [6, 6.07) is 3.36. The van der Waals surface area contributed by atoms with E-state index in [0.29, 0.717) is 37.1 Å². The van der Waals surface area contributed by atoms with E-state index in [4.69, 9.17) is 11.5 Å². The van der Waals surface area contributed by atoms with E-state index in [0.717, 1.165) is 0 Å². The van der Waals surface area contributed by atoms with Crippen molar-refractivity contribution in [1.29, 1.82) is 0 Å². The zero-order valence-corrected chi connectivity index (χ0v) is 18.0. The highest BCUT2D eigenvalue weighted by Gasteiger charge is 2.28. The number of hydrogen-bond acceptors (Lipinski definition) is 7. The lowest BCUT2D eigenvalue weighted by Crippen LogP contribution is -2.55. The summed E-state index contributed by atoms with van der Waals surface area (Å²) in [6.45, 7) is 0.438. The number of nitrogens with one attached hydrogen (secondary N) is 2. The first kappa shape index (κ1) is 25.7. The van der Waals surface area contributed by atoms with Crippen LogP contribution in [-0.2, 0) is 20.8 Å². The standard InChI is InChI=1S/C20H32N4O5S/c1-30-11-9-15(22)18(26)24-17(12-13-5-7-14(25)8-6-13)19(27)23-16(20(28)29)4-2-3-10-21/h5-8,15-17,25H,2-4,9-12,21-22H2,1H3,(H,23,27)(H,24,26)(H,28,29)/t15-,16-,17-/m0/s1. The van der Waals surface area contributed by atoms with Crippen LogP contribution in [0.4, 0.5) is 0 Å². The molecule has 168 valence electrons. The quantitative estimate of drug-likeness (QED) is 0.223. The molecular formula is C20H32N4O5S. The normalized spacial score (nSPS) is 13.8. The molecule has 0 aliphatic heterocycles. The van der Waals surface area contributed by atoms with E-state index in [1.165, 1.54) is 12.1 Å². The fourth-order valence-corrected chi connectivity index (χ4v) is 3.24. The topological polar surface area (TPSA) is 168 Å². The van der Waals surface area contributed by atoms with Crippen LogP contribution in [0.15, 0.2) is 24.3 Å². The molecule has 1 rings (SSSR count). The van der Waals surface area contributed by atoms with Crippen LogP contribution >= 0.6 is 11.8 Å². The minimum absolute atomic E-state index is 0.0775. The maximum atomic E-state index is 12.8. The van der Waals surface area contributed by atoms with Crippen molar-refractivity contribution < 1.29 is 24.6 Å². The molecule has 10 heteroatoms. The van der Waals surface area contributed by atoms with Crippen molar-refractivity contribution in [1.82, 2.24) is 10.6 Å². The number of nitrogens with two attached hydrogens (primary N) is 2. The summed E-state index contributed by atoms with van der Waals surface area (Å²) in [5.74, 6) is -1.45. The molecule has 30 heavy (non-hydrogen) atoms. The third kappa shape index (κ3) is 9.47. The number of carbonyl (C=O) groups excluding carboxylic acids is 2. The van der Waals surface area contributed by atoms with Gasteiger partial charge in [0.25, 0.3) is 0 Å². The largest absolute Gasteiger partial charge is 0.508 e. The van der Waals surface area contributed by atoms with Gasteiger partial charge in [0.05, 0.1) is 6.04 Å². The van der Waals surface area contributed by atoms with Crippen LogP contribution in [0.3, 0.4) is 0 Å². The molecule has 0 aliphatic carbocycles. The van der Waals surface area contributed by atoms with Gasteiger partial charge in [-0.05, 0) is 61.9 Å². The van der Waals surface area contributed by atoms with Crippen LogP contribution in [0.25, 0.3) is 0 Å². The predicted octanol–water partition coefficient (Wildman–Crippen LogP) is 0.198. The molecule has 0 spiro atoms. The second-order valence-electron chi connectivity index (χ2n) is 7.00. The van der Waals surface area contributed by atoms with Gasteiger partial charge in [-0.1, -0.05) is 12.1 Å². The number of phenols is 1. The molecule has 8 N–H and O–H groups in total. The molecule has 1 aromatic rings. The Morgan fingerprint density at radius 2 is 1.67 bits per heavy atom. The highest BCUT2D eigenvalue weighted by Crippen LogP contribution is 2.12. The van der Waals surface area contributed by atoms with Crippen molar-refractivity contribution in [3.8, 4) is 5.75 Å². The van der Waals surface area contributed by atoms with Crippen molar-refractivity contribution in [2.24, 2.45) is 11.5 Å². The van der Waals surface area contributed by atoms with Crippen molar-refractivity contribution in [3.63, 3.8) is 0 Å². The van der Waals surface area contributed by atoms with Gasteiger partial charge in [-0.3, -0.25) is 9.59 Å². The average Bonchev–Trinajstić information content (AvgIpc) is 2.72. The number of unbranched alkanes of at least 4 members (excludes halogenated alkanes) is 1. The van der Waals surface area contributed by atoms with Gasteiger partial charge in [-0.25, -0.2) is 4.79 Å². The van der Waals surface area contributed by atoms with Crippen molar-refractivity contribution >= 4 is 29.5 Å². The lowest BCUT2D eigenvalue weighted by Gasteiger charge is -2.23.